The van der Waals surface area contributed by atoms with E-state index in [4.69, 9.17) is 0 Å². The van der Waals surface area contributed by atoms with Gasteiger partial charge in [0.05, 0.1) is 11.2 Å². The minimum atomic E-state index is -0.377. The van der Waals surface area contributed by atoms with E-state index in [0.29, 0.717) is 12.1 Å². The highest BCUT2D eigenvalue weighted by Gasteiger charge is 2.47. The van der Waals surface area contributed by atoms with E-state index in [9.17, 15) is 9.59 Å². The summed E-state index contributed by atoms with van der Waals surface area (Å²) >= 11 is 0. The molecular weight excluding hydrogens is 424 g/mol. The summed E-state index contributed by atoms with van der Waals surface area (Å²) in [7, 11) is 1.82. The minimum absolute atomic E-state index is 0.0198. The zero-order valence-corrected chi connectivity index (χ0v) is 19.5. The first-order chi connectivity index (χ1) is 16.4. The van der Waals surface area contributed by atoms with Gasteiger partial charge in [0.15, 0.2) is 0 Å². The van der Waals surface area contributed by atoms with Crippen molar-refractivity contribution in [1.29, 1.82) is 0 Å². The average Bonchev–Trinajstić information content (AvgIpc) is 3.57. The fourth-order valence-electron chi connectivity index (χ4n) is 6.20. The third-order valence-corrected chi connectivity index (χ3v) is 8.29. The number of hydrogen-bond acceptors (Lipinski definition) is 4. The topological polar surface area (TPSA) is 64.7 Å². The largest absolute Gasteiger partial charge is 0.368 e. The molecule has 2 N–H and O–H groups in total. The highest BCUT2D eigenvalue weighted by Crippen LogP contribution is 2.50. The van der Waals surface area contributed by atoms with Gasteiger partial charge in [-0.05, 0) is 67.0 Å². The van der Waals surface area contributed by atoms with Gasteiger partial charge in [0.1, 0.15) is 0 Å². The van der Waals surface area contributed by atoms with Crippen LogP contribution in [0.4, 0.5) is 11.4 Å². The van der Waals surface area contributed by atoms with Crippen LogP contribution in [0.5, 0.6) is 0 Å². The Morgan fingerprint density at radius 1 is 1.09 bits per heavy atom. The summed E-state index contributed by atoms with van der Waals surface area (Å²) in [6.45, 7) is 4.00. The second-order valence-electron chi connectivity index (χ2n) is 10.5. The van der Waals surface area contributed by atoms with Crippen LogP contribution in [-0.4, -0.2) is 44.0 Å². The van der Waals surface area contributed by atoms with Crippen molar-refractivity contribution in [2.75, 3.05) is 29.9 Å². The van der Waals surface area contributed by atoms with Crippen LogP contribution >= 0.6 is 0 Å². The van der Waals surface area contributed by atoms with Crippen molar-refractivity contribution in [3.8, 4) is 0 Å². The molecule has 3 aromatic rings. The smallest absolute Gasteiger partial charge is 0.258 e. The molecule has 5 aliphatic rings. The summed E-state index contributed by atoms with van der Waals surface area (Å²) in [5.74, 6) is 0.0122. The first-order valence-corrected chi connectivity index (χ1v) is 12.2. The Morgan fingerprint density at radius 3 is 2.59 bits per heavy atom. The number of nitrogens with zero attached hydrogens (tertiary/aromatic N) is 2. The molecule has 6 nitrogen and oxygen atoms in total. The molecule has 1 saturated carbocycles. The number of fused-ring (bicyclic) bond motifs is 2. The number of anilines is 2. The number of hydrogen-bond donors (Lipinski definition) is 2. The molecule has 2 unspecified atom stereocenters. The maximum atomic E-state index is 13.6. The minimum Gasteiger partial charge on any atom is -0.368 e. The van der Waals surface area contributed by atoms with Crippen molar-refractivity contribution >= 4 is 34.0 Å². The van der Waals surface area contributed by atoms with E-state index in [1.165, 1.54) is 6.42 Å². The Bertz CT molecular complexity index is 1380. The first-order valence-electron chi connectivity index (χ1n) is 12.2. The van der Waals surface area contributed by atoms with Gasteiger partial charge < -0.3 is 20.4 Å². The van der Waals surface area contributed by atoms with Crippen molar-refractivity contribution in [3.05, 3.63) is 70.8 Å². The van der Waals surface area contributed by atoms with Gasteiger partial charge >= 0.3 is 0 Å². The van der Waals surface area contributed by atoms with Crippen LogP contribution in [0.25, 0.3) is 10.8 Å². The lowest BCUT2D eigenvalue weighted by Crippen LogP contribution is -2.67. The summed E-state index contributed by atoms with van der Waals surface area (Å²) in [5, 5.41) is 9.04. The average molecular weight is 453 g/mol. The molecule has 4 heterocycles. The molecule has 0 aromatic heterocycles. The van der Waals surface area contributed by atoms with E-state index >= 15 is 0 Å². The molecule has 172 valence electrons. The molecule has 3 aromatic carbocycles. The van der Waals surface area contributed by atoms with Crippen LogP contribution in [0.2, 0.25) is 0 Å². The zero-order valence-electron chi connectivity index (χ0n) is 19.5. The highest BCUT2D eigenvalue weighted by atomic mass is 16.2. The normalized spacial score (nSPS) is 23.8. The Morgan fingerprint density at radius 2 is 1.85 bits per heavy atom. The van der Waals surface area contributed by atoms with E-state index in [0.717, 1.165) is 70.3 Å². The molecule has 4 aliphatic heterocycles. The van der Waals surface area contributed by atoms with Crippen LogP contribution in [0.1, 0.15) is 51.1 Å². The van der Waals surface area contributed by atoms with Crippen molar-refractivity contribution in [2.45, 2.75) is 43.8 Å². The summed E-state index contributed by atoms with van der Waals surface area (Å²) < 4.78 is 0. The lowest BCUT2D eigenvalue weighted by molar-refractivity contribution is 0.0929. The standard InChI is InChI=1S/C28H28N4O2/c1-16-6-7-19(32-14-17-12-18(15-32)29-17)13-22(16)26(33)30-28(10-11-28)23-8-9-24-25-20(23)4-3-5-21(25)27(34)31(24)2/h3-9,13,17-18,29H,10-12,14-15H2,1-2H3,(H,30,33). The van der Waals surface area contributed by atoms with Crippen molar-refractivity contribution in [2.24, 2.45) is 0 Å². The number of aryl methyl sites for hydroxylation is 1. The Hall–Kier alpha value is -3.38. The van der Waals surface area contributed by atoms with Crippen LogP contribution in [0.15, 0.2) is 48.5 Å². The monoisotopic (exact) mass is 452 g/mol. The number of piperidine rings is 1. The Labute approximate surface area is 198 Å². The quantitative estimate of drug-likeness (QED) is 0.634. The molecule has 2 atom stereocenters. The molecular formula is C28H28N4O2. The van der Waals surface area contributed by atoms with E-state index in [-0.39, 0.29) is 17.4 Å². The Kier molecular flexibility index (Phi) is 4.02. The summed E-state index contributed by atoms with van der Waals surface area (Å²) in [4.78, 5) is 30.4. The van der Waals surface area contributed by atoms with Gasteiger partial charge in [-0.3, -0.25) is 9.59 Å². The molecule has 2 amide bonds. The third-order valence-electron chi connectivity index (χ3n) is 8.29. The summed E-state index contributed by atoms with van der Waals surface area (Å²) in [6.07, 6.45) is 3.07. The van der Waals surface area contributed by atoms with Crippen LogP contribution < -0.4 is 20.4 Å². The number of carbonyl (C=O) groups is 2. The number of carbonyl (C=O) groups excluding carboxylic acids is 2. The molecule has 4 fully saturated rings. The van der Waals surface area contributed by atoms with Gasteiger partial charge in [-0.25, -0.2) is 0 Å². The van der Waals surface area contributed by atoms with E-state index < -0.39 is 0 Å². The SMILES string of the molecule is Cc1ccc(N2CC3CC(C2)N3)cc1C(=O)NC1(c2ccc3c4c(cccc24)C(=O)N3C)CC1. The summed E-state index contributed by atoms with van der Waals surface area (Å²) in [5.41, 5.74) is 5.29. The first kappa shape index (κ1) is 20.0. The van der Waals surface area contributed by atoms with Crippen molar-refractivity contribution < 1.29 is 9.59 Å². The maximum Gasteiger partial charge on any atom is 0.258 e. The van der Waals surface area contributed by atoms with Gasteiger partial charge in [0, 0.05) is 54.4 Å². The molecule has 1 aliphatic carbocycles. The van der Waals surface area contributed by atoms with E-state index in [2.05, 4.69) is 45.9 Å². The third kappa shape index (κ3) is 2.78. The molecule has 0 radical (unpaired) electrons. The van der Waals surface area contributed by atoms with Gasteiger partial charge in [-0.2, -0.15) is 0 Å². The molecule has 6 heteroatoms. The Balaban J connectivity index is 1.22. The lowest BCUT2D eigenvalue weighted by atomic mass is 9.90. The molecule has 8 rings (SSSR count). The molecule has 2 bridgehead atoms. The van der Waals surface area contributed by atoms with Crippen LogP contribution in [0, 0.1) is 6.92 Å². The second-order valence-corrected chi connectivity index (χ2v) is 10.5. The van der Waals surface area contributed by atoms with Crippen LogP contribution in [0.3, 0.4) is 0 Å². The maximum absolute atomic E-state index is 13.6. The number of piperazine rings is 1. The van der Waals surface area contributed by atoms with E-state index in [1.54, 1.807) is 4.90 Å². The fourth-order valence-corrected chi connectivity index (χ4v) is 6.20. The molecule has 3 saturated heterocycles. The van der Waals surface area contributed by atoms with Crippen molar-refractivity contribution in [3.63, 3.8) is 0 Å². The van der Waals surface area contributed by atoms with E-state index in [1.807, 2.05) is 32.2 Å². The molecule has 0 spiro atoms. The predicted octanol–water partition coefficient (Wildman–Crippen LogP) is 3.71. The number of rotatable bonds is 4. The fraction of sp³-hybridized carbons (Fsp3) is 0.357. The number of amides is 2. The van der Waals surface area contributed by atoms with Gasteiger partial charge in [-0.1, -0.05) is 24.3 Å². The highest BCUT2D eigenvalue weighted by molar-refractivity contribution is 6.25. The van der Waals surface area contributed by atoms with Gasteiger partial charge in [-0.15, -0.1) is 0 Å². The van der Waals surface area contributed by atoms with Crippen molar-refractivity contribution in [1.82, 2.24) is 10.6 Å². The number of nitrogens with one attached hydrogen (secondary N) is 2. The summed E-state index contributed by atoms with van der Waals surface area (Å²) in [6, 6.07) is 17.5. The van der Waals surface area contributed by atoms with Gasteiger partial charge in [0.2, 0.25) is 0 Å². The number of benzene rings is 3. The lowest BCUT2D eigenvalue weighted by Gasteiger charge is -2.49. The van der Waals surface area contributed by atoms with Gasteiger partial charge in [0.25, 0.3) is 11.8 Å². The molecule has 34 heavy (non-hydrogen) atoms. The van der Waals surface area contributed by atoms with Crippen LogP contribution in [-0.2, 0) is 5.54 Å². The predicted molar refractivity (Wildman–Crippen MR) is 134 cm³/mol. The second kappa shape index (κ2) is 6.83. The zero-order chi connectivity index (χ0) is 23.2.